The number of carbonyl (C=O) groups excluding carboxylic acids is 2. The molecule has 0 aliphatic carbocycles. The molecule has 1 aliphatic rings. The van der Waals surface area contributed by atoms with Crippen LogP contribution in [0.15, 0.2) is 18.2 Å². The van der Waals surface area contributed by atoms with Gasteiger partial charge in [-0.15, -0.1) is 0 Å². The Morgan fingerprint density at radius 1 is 1.28 bits per heavy atom. The fourth-order valence-electron chi connectivity index (χ4n) is 2.63. The van der Waals surface area contributed by atoms with Gasteiger partial charge in [0.05, 0.1) is 5.69 Å². The number of aromatic amines is 1. The van der Waals surface area contributed by atoms with E-state index in [0.29, 0.717) is 5.69 Å². The summed E-state index contributed by atoms with van der Waals surface area (Å²) < 4.78 is 0. The first-order valence-corrected chi connectivity index (χ1v) is 6.01. The number of amides is 1. The molecule has 0 spiro atoms. The number of rotatable bonds is 1. The third-order valence-electron chi connectivity index (χ3n) is 3.53. The summed E-state index contributed by atoms with van der Waals surface area (Å²) in [4.78, 5) is 27.8. The summed E-state index contributed by atoms with van der Waals surface area (Å²) in [6.07, 6.45) is 0.849. The zero-order chi connectivity index (χ0) is 12.9. The smallest absolute Gasteiger partial charge is 0.223 e. The van der Waals surface area contributed by atoms with Crippen LogP contribution in [0.4, 0.5) is 5.69 Å². The van der Waals surface area contributed by atoms with E-state index in [1.165, 1.54) is 0 Å². The van der Waals surface area contributed by atoms with Gasteiger partial charge in [0.25, 0.3) is 0 Å². The zero-order valence-corrected chi connectivity index (χ0v) is 10.4. The first-order valence-electron chi connectivity index (χ1n) is 6.01. The minimum absolute atomic E-state index is 0.0290. The predicted molar refractivity (Wildman–Crippen MR) is 70.0 cm³/mol. The monoisotopic (exact) mass is 242 g/mol. The molecule has 4 nitrogen and oxygen atoms in total. The number of hydrogen-bond donors (Lipinski definition) is 1. The Kier molecular flexibility index (Phi) is 2.26. The van der Waals surface area contributed by atoms with Crippen molar-refractivity contribution in [2.45, 2.75) is 20.3 Å². The minimum Gasteiger partial charge on any atom is -0.352 e. The molecule has 0 saturated heterocycles. The maximum absolute atomic E-state index is 11.5. The molecule has 0 atom stereocenters. The van der Waals surface area contributed by atoms with E-state index < -0.39 is 0 Å². The van der Waals surface area contributed by atoms with Gasteiger partial charge in [0.2, 0.25) is 5.91 Å². The van der Waals surface area contributed by atoms with Crippen molar-refractivity contribution in [3.05, 3.63) is 29.5 Å². The van der Waals surface area contributed by atoms with Crippen LogP contribution in [0, 0.1) is 0 Å². The molecule has 2 aromatic rings. The van der Waals surface area contributed by atoms with Gasteiger partial charge in [0, 0.05) is 37.0 Å². The van der Waals surface area contributed by atoms with E-state index in [1.54, 1.807) is 18.7 Å². The van der Waals surface area contributed by atoms with Crippen molar-refractivity contribution in [2.75, 3.05) is 11.4 Å². The number of carbonyl (C=O) groups is 2. The van der Waals surface area contributed by atoms with Gasteiger partial charge >= 0.3 is 0 Å². The molecule has 0 unspecified atom stereocenters. The summed E-state index contributed by atoms with van der Waals surface area (Å²) in [6.45, 7) is 3.86. The maximum atomic E-state index is 11.5. The third-order valence-corrected chi connectivity index (χ3v) is 3.53. The lowest BCUT2D eigenvalue weighted by Crippen LogP contribution is -2.25. The van der Waals surface area contributed by atoms with Crippen LogP contribution < -0.4 is 4.90 Å². The molecule has 1 aromatic carbocycles. The highest BCUT2D eigenvalue weighted by atomic mass is 16.2. The minimum atomic E-state index is 0.0290. The summed E-state index contributed by atoms with van der Waals surface area (Å²) in [6, 6.07) is 5.77. The number of nitrogens with zero attached hydrogens (tertiary/aromatic N) is 1. The molecule has 1 N–H and O–H groups in total. The van der Waals surface area contributed by atoms with Gasteiger partial charge in [0.15, 0.2) is 5.78 Å². The second-order valence-corrected chi connectivity index (χ2v) is 4.68. The third kappa shape index (κ3) is 1.45. The van der Waals surface area contributed by atoms with Crippen molar-refractivity contribution in [3.8, 4) is 0 Å². The van der Waals surface area contributed by atoms with E-state index >= 15 is 0 Å². The lowest BCUT2D eigenvalue weighted by molar-refractivity contribution is -0.116. The molecule has 0 radical (unpaired) electrons. The molecule has 2 heterocycles. The number of Topliss-reactive ketones (excluding diaryl/α,β-unsaturated/α-hetero) is 1. The standard InChI is InChI=1S/C14H14N2O2/c1-8(17)13-7-11-10-5-6-16(9(2)18)14(10)4-3-12(11)15-13/h3-4,7,15H,5-6H2,1-2H3. The molecule has 1 aliphatic heterocycles. The molecule has 92 valence electrons. The van der Waals surface area contributed by atoms with E-state index in [0.717, 1.165) is 35.1 Å². The van der Waals surface area contributed by atoms with Crippen molar-refractivity contribution in [3.63, 3.8) is 0 Å². The summed E-state index contributed by atoms with van der Waals surface area (Å²) in [5.74, 6) is 0.0943. The van der Waals surface area contributed by atoms with Gasteiger partial charge in [-0.25, -0.2) is 0 Å². The van der Waals surface area contributed by atoms with E-state index in [4.69, 9.17) is 0 Å². The lowest BCUT2D eigenvalue weighted by atomic mass is 10.1. The number of nitrogens with one attached hydrogen (secondary N) is 1. The normalized spacial score (nSPS) is 14.0. The molecule has 0 saturated carbocycles. The Morgan fingerprint density at radius 3 is 2.72 bits per heavy atom. The van der Waals surface area contributed by atoms with Gasteiger partial charge in [-0.2, -0.15) is 0 Å². The second-order valence-electron chi connectivity index (χ2n) is 4.68. The fourth-order valence-corrected chi connectivity index (χ4v) is 2.63. The summed E-state index contributed by atoms with van der Waals surface area (Å²) >= 11 is 0. The fraction of sp³-hybridized carbons (Fsp3) is 0.286. The Bertz CT molecular complexity index is 670. The van der Waals surface area contributed by atoms with Crippen LogP contribution in [0.5, 0.6) is 0 Å². The van der Waals surface area contributed by atoms with E-state index in [2.05, 4.69) is 4.98 Å². The first-order chi connectivity index (χ1) is 8.58. The number of benzene rings is 1. The Hall–Kier alpha value is -2.10. The van der Waals surface area contributed by atoms with E-state index in [-0.39, 0.29) is 11.7 Å². The number of ketones is 1. The second kappa shape index (κ2) is 3.70. The largest absolute Gasteiger partial charge is 0.352 e. The Labute approximate surface area is 105 Å². The Balaban J connectivity index is 2.21. The van der Waals surface area contributed by atoms with Crippen molar-refractivity contribution < 1.29 is 9.59 Å². The number of aromatic nitrogens is 1. The summed E-state index contributed by atoms with van der Waals surface area (Å²) in [7, 11) is 0. The van der Waals surface area contributed by atoms with Gasteiger partial charge in [-0.05, 0) is 30.2 Å². The van der Waals surface area contributed by atoms with Crippen LogP contribution in [-0.4, -0.2) is 23.2 Å². The van der Waals surface area contributed by atoms with Crippen LogP contribution in [0.1, 0.15) is 29.9 Å². The highest BCUT2D eigenvalue weighted by Crippen LogP contribution is 2.34. The molecule has 1 aromatic heterocycles. The molecule has 1 amide bonds. The number of anilines is 1. The quantitative estimate of drug-likeness (QED) is 0.780. The van der Waals surface area contributed by atoms with Crippen LogP contribution in [0.2, 0.25) is 0 Å². The highest BCUT2D eigenvalue weighted by molar-refractivity contribution is 6.03. The molecule has 0 bridgehead atoms. The van der Waals surface area contributed by atoms with Crippen molar-refractivity contribution in [1.29, 1.82) is 0 Å². The number of fused-ring (bicyclic) bond motifs is 3. The predicted octanol–water partition coefficient (Wildman–Crippen LogP) is 2.28. The topological polar surface area (TPSA) is 53.2 Å². The summed E-state index contributed by atoms with van der Waals surface area (Å²) in [5, 5.41) is 1.06. The van der Waals surface area contributed by atoms with E-state index in [1.807, 2.05) is 18.2 Å². The number of H-pyrrole nitrogens is 1. The SMILES string of the molecule is CC(=O)c1cc2c3c(ccc2[nH]1)N(C(C)=O)CC3. The molecule has 0 fully saturated rings. The summed E-state index contributed by atoms with van der Waals surface area (Å²) in [5.41, 5.74) is 3.72. The van der Waals surface area contributed by atoms with Gasteiger partial charge in [0.1, 0.15) is 0 Å². The molecular weight excluding hydrogens is 228 g/mol. The van der Waals surface area contributed by atoms with Crippen LogP contribution in [0.3, 0.4) is 0 Å². The average Bonchev–Trinajstić information content (AvgIpc) is 2.91. The van der Waals surface area contributed by atoms with Crippen LogP contribution >= 0.6 is 0 Å². The van der Waals surface area contributed by atoms with Crippen LogP contribution in [-0.2, 0) is 11.2 Å². The van der Waals surface area contributed by atoms with Crippen molar-refractivity contribution in [1.82, 2.24) is 4.98 Å². The lowest BCUT2D eigenvalue weighted by Gasteiger charge is -2.14. The van der Waals surface area contributed by atoms with Gasteiger partial charge in [-0.1, -0.05) is 0 Å². The highest BCUT2D eigenvalue weighted by Gasteiger charge is 2.24. The van der Waals surface area contributed by atoms with E-state index in [9.17, 15) is 9.59 Å². The van der Waals surface area contributed by atoms with Crippen molar-refractivity contribution in [2.24, 2.45) is 0 Å². The molecule has 18 heavy (non-hydrogen) atoms. The molecular formula is C14H14N2O2. The molecule has 4 heteroatoms. The van der Waals surface area contributed by atoms with Crippen molar-refractivity contribution >= 4 is 28.3 Å². The zero-order valence-electron chi connectivity index (χ0n) is 10.4. The average molecular weight is 242 g/mol. The number of hydrogen-bond acceptors (Lipinski definition) is 2. The maximum Gasteiger partial charge on any atom is 0.223 e. The van der Waals surface area contributed by atoms with Crippen LogP contribution in [0.25, 0.3) is 10.9 Å². The first kappa shape index (κ1) is 11.0. The molecule has 3 rings (SSSR count). The van der Waals surface area contributed by atoms with Gasteiger partial charge < -0.3 is 9.88 Å². The Morgan fingerprint density at radius 2 is 2.06 bits per heavy atom. The van der Waals surface area contributed by atoms with Gasteiger partial charge in [-0.3, -0.25) is 9.59 Å².